The Morgan fingerprint density at radius 3 is 2.75 bits per heavy atom. The first kappa shape index (κ1) is 11.6. The number of hydrogen-bond donors (Lipinski definition) is 1. The van der Waals surface area contributed by atoms with E-state index >= 15 is 0 Å². The standard InChI is InChI=1S/C12H22N4/c1-9-5-12(2,3)6-10(9)13-7-11-14-8-15-16(11)4/h8-10,13H,5-7H2,1-4H3/t9-,10-/m0/s1. The van der Waals surface area contributed by atoms with Gasteiger partial charge in [-0.2, -0.15) is 5.10 Å². The minimum atomic E-state index is 0.483. The zero-order valence-corrected chi connectivity index (χ0v) is 10.7. The van der Waals surface area contributed by atoms with Crippen LogP contribution in [0.4, 0.5) is 0 Å². The lowest BCUT2D eigenvalue weighted by Gasteiger charge is -2.18. The van der Waals surface area contributed by atoms with Crippen LogP contribution in [-0.4, -0.2) is 20.8 Å². The van der Waals surface area contributed by atoms with E-state index in [1.807, 2.05) is 11.7 Å². The molecule has 16 heavy (non-hydrogen) atoms. The van der Waals surface area contributed by atoms with E-state index in [2.05, 4.69) is 36.2 Å². The summed E-state index contributed by atoms with van der Waals surface area (Å²) in [5.74, 6) is 1.76. The largest absolute Gasteiger partial charge is 0.307 e. The zero-order chi connectivity index (χ0) is 11.8. The molecule has 0 aromatic carbocycles. The first-order valence-corrected chi connectivity index (χ1v) is 6.04. The van der Waals surface area contributed by atoms with Gasteiger partial charge in [0.25, 0.3) is 0 Å². The van der Waals surface area contributed by atoms with E-state index in [0.717, 1.165) is 18.3 Å². The predicted molar refractivity (Wildman–Crippen MR) is 63.8 cm³/mol. The van der Waals surface area contributed by atoms with Crippen LogP contribution in [0.1, 0.15) is 39.4 Å². The van der Waals surface area contributed by atoms with Gasteiger partial charge in [-0.1, -0.05) is 20.8 Å². The third-order valence-corrected chi connectivity index (χ3v) is 3.66. The van der Waals surface area contributed by atoms with Crippen LogP contribution in [0.2, 0.25) is 0 Å². The van der Waals surface area contributed by atoms with Crippen LogP contribution in [0.25, 0.3) is 0 Å². The van der Waals surface area contributed by atoms with Gasteiger partial charge in [0.2, 0.25) is 0 Å². The minimum absolute atomic E-state index is 0.483. The maximum absolute atomic E-state index is 4.23. The monoisotopic (exact) mass is 222 g/mol. The molecule has 1 heterocycles. The van der Waals surface area contributed by atoms with Gasteiger partial charge in [0.15, 0.2) is 0 Å². The van der Waals surface area contributed by atoms with Gasteiger partial charge in [-0.05, 0) is 24.2 Å². The van der Waals surface area contributed by atoms with Crippen LogP contribution < -0.4 is 5.32 Å². The van der Waals surface area contributed by atoms with Gasteiger partial charge >= 0.3 is 0 Å². The summed E-state index contributed by atoms with van der Waals surface area (Å²) in [6.45, 7) is 7.87. The molecular weight excluding hydrogens is 200 g/mol. The van der Waals surface area contributed by atoms with E-state index in [0.29, 0.717) is 11.5 Å². The lowest BCUT2D eigenvalue weighted by molar-refractivity contribution is 0.361. The van der Waals surface area contributed by atoms with Crippen molar-refractivity contribution < 1.29 is 0 Å². The normalized spacial score (nSPS) is 28.5. The number of nitrogens with one attached hydrogen (secondary N) is 1. The summed E-state index contributed by atoms with van der Waals surface area (Å²) < 4.78 is 1.83. The summed E-state index contributed by atoms with van der Waals surface area (Å²) in [4.78, 5) is 4.23. The fraction of sp³-hybridized carbons (Fsp3) is 0.833. The fourth-order valence-corrected chi connectivity index (χ4v) is 2.87. The summed E-state index contributed by atoms with van der Waals surface area (Å²) in [5, 5.41) is 7.68. The Kier molecular flexibility index (Phi) is 3.02. The molecule has 1 fully saturated rings. The average molecular weight is 222 g/mol. The highest BCUT2D eigenvalue weighted by atomic mass is 15.3. The highest BCUT2D eigenvalue weighted by Crippen LogP contribution is 2.40. The quantitative estimate of drug-likeness (QED) is 0.847. The average Bonchev–Trinajstić information content (AvgIpc) is 2.67. The summed E-state index contributed by atoms with van der Waals surface area (Å²) in [6, 6.07) is 0.617. The summed E-state index contributed by atoms with van der Waals surface area (Å²) >= 11 is 0. The first-order valence-electron chi connectivity index (χ1n) is 6.04. The second kappa shape index (κ2) is 4.17. The van der Waals surface area contributed by atoms with E-state index in [-0.39, 0.29) is 0 Å². The molecule has 1 aliphatic rings. The molecule has 0 unspecified atom stereocenters. The van der Waals surface area contributed by atoms with Crippen molar-refractivity contribution in [2.75, 3.05) is 0 Å². The van der Waals surface area contributed by atoms with Crippen molar-refractivity contribution >= 4 is 0 Å². The van der Waals surface area contributed by atoms with E-state index in [4.69, 9.17) is 0 Å². The SMILES string of the molecule is C[C@H]1CC(C)(C)C[C@@H]1NCc1ncnn1C. The molecule has 2 rings (SSSR count). The third kappa shape index (κ3) is 2.43. The second-order valence-corrected chi connectivity index (χ2v) is 5.84. The molecule has 1 saturated carbocycles. The lowest BCUT2D eigenvalue weighted by Crippen LogP contribution is -2.32. The number of hydrogen-bond acceptors (Lipinski definition) is 3. The molecule has 2 atom stereocenters. The van der Waals surface area contributed by atoms with Crippen molar-refractivity contribution in [3.63, 3.8) is 0 Å². The molecule has 1 N–H and O–H groups in total. The molecule has 0 bridgehead atoms. The van der Waals surface area contributed by atoms with Crippen molar-refractivity contribution in [1.29, 1.82) is 0 Å². The van der Waals surface area contributed by atoms with Crippen molar-refractivity contribution in [2.24, 2.45) is 18.4 Å². The Morgan fingerprint density at radius 2 is 2.25 bits per heavy atom. The van der Waals surface area contributed by atoms with Gasteiger partial charge in [-0.25, -0.2) is 4.98 Å². The molecule has 0 saturated heterocycles. The molecule has 0 radical (unpaired) electrons. The summed E-state index contributed by atoms with van der Waals surface area (Å²) in [5.41, 5.74) is 0.483. The number of nitrogens with zero attached hydrogens (tertiary/aromatic N) is 3. The summed E-state index contributed by atoms with van der Waals surface area (Å²) in [6.07, 6.45) is 4.18. The number of aromatic nitrogens is 3. The van der Waals surface area contributed by atoms with Crippen molar-refractivity contribution in [3.05, 3.63) is 12.2 Å². The van der Waals surface area contributed by atoms with Crippen molar-refractivity contribution in [1.82, 2.24) is 20.1 Å². The molecule has 4 nitrogen and oxygen atoms in total. The summed E-state index contributed by atoms with van der Waals surface area (Å²) in [7, 11) is 1.94. The number of rotatable bonds is 3. The molecule has 1 aromatic rings. The molecule has 4 heteroatoms. The fourth-order valence-electron chi connectivity index (χ4n) is 2.87. The van der Waals surface area contributed by atoms with Gasteiger partial charge in [0, 0.05) is 13.1 Å². The second-order valence-electron chi connectivity index (χ2n) is 5.84. The Balaban J connectivity index is 1.90. The lowest BCUT2D eigenvalue weighted by atomic mass is 9.91. The topological polar surface area (TPSA) is 42.7 Å². The molecule has 0 spiro atoms. The zero-order valence-electron chi connectivity index (χ0n) is 10.7. The van der Waals surface area contributed by atoms with E-state index in [1.54, 1.807) is 6.33 Å². The smallest absolute Gasteiger partial charge is 0.140 e. The van der Waals surface area contributed by atoms with Gasteiger partial charge in [-0.15, -0.1) is 0 Å². The van der Waals surface area contributed by atoms with Crippen LogP contribution >= 0.6 is 0 Å². The van der Waals surface area contributed by atoms with Crippen molar-refractivity contribution in [2.45, 2.75) is 46.2 Å². The van der Waals surface area contributed by atoms with Crippen LogP contribution in [-0.2, 0) is 13.6 Å². The van der Waals surface area contributed by atoms with Crippen LogP contribution in [0.5, 0.6) is 0 Å². The number of aryl methyl sites for hydroxylation is 1. The van der Waals surface area contributed by atoms with Gasteiger partial charge in [-0.3, -0.25) is 4.68 Å². The van der Waals surface area contributed by atoms with Crippen molar-refractivity contribution in [3.8, 4) is 0 Å². The molecule has 1 aromatic heterocycles. The van der Waals surface area contributed by atoms with Crippen LogP contribution in [0.15, 0.2) is 6.33 Å². The Bertz CT molecular complexity index is 356. The van der Waals surface area contributed by atoms with Gasteiger partial charge < -0.3 is 5.32 Å². The van der Waals surface area contributed by atoms with Crippen LogP contribution in [0, 0.1) is 11.3 Å². The highest BCUT2D eigenvalue weighted by Gasteiger charge is 2.36. The van der Waals surface area contributed by atoms with E-state index in [1.165, 1.54) is 12.8 Å². The molecule has 90 valence electrons. The van der Waals surface area contributed by atoms with Gasteiger partial charge in [0.1, 0.15) is 12.2 Å². The predicted octanol–water partition coefficient (Wildman–Crippen LogP) is 1.73. The Hall–Kier alpha value is -0.900. The van der Waals surface area contributed by atoms with Gasteiger partial charge in [0.05, 0.1) is 6.54 Å². The maximum Gasteiger partial charge on any atom is 0.140 e. The maximum atomic E-state index is 4.23. The molecule has 0 aliphatic heterocycles. The molecular formula is C12H22N4. The highest BCUT2D eigenvalue weighted by molar-refractivity contribution is 4.93. The Labute approximate surface area is 97.5 Å². The minimum Gasteiger partial charge on any atom is -0.307 e. The van der Waals surface area contributed by atoms with Crippen LogP contribution in [0.3, 0.4) is 0 Å². The Morgan fingerprint density at radius 1 is 1.50 bits per heavy atom. The third-order valence-electron chi connectivity index (χ3n) is 3.66. The van der Waals surface area contributed by atoms with E-state index in [9.17, 15) is 0 Å². The molecule has 0 amide bonds. The van der Waals surface area contributed by atoms with E-state index < -0.39 is 0 Å². The molecule has 1 aliphatic carbocycles. The first-order chi connectivity index (χ1) is 7.48.